The van der Waals surface area contributed by atoms with Gasteiger partial charge in [-0.2, -0.15) is 0 Å². The second-order valence-corrected chi connectivity index (χ2v) is 6.01. The molecular weight excluding hydrogens is 246 g/mol. The number of hydrogen-bond acceptors (Lipinski definition) is 2. The summed E-state index contributed by atoms with van der Waals surface area (Å²) in [6.45, 7) is 9.86. The van der Waals surface area contributed by atoms with Crippen molar-refractivity contribution < 1.29 is 0 Å². The van der Waals surface area contributed by atoms with Gasteiger partial charge in [0.15, 0.2) is 0 Å². The van der Waals surface area contributed by atoms with Gasteiger partial charge in [-0.15, -0.1) is 0 Å². The average molecular weight is 271 g/mol. The Kier molecular flexibility index (Phi) is 3.35. The monoisotopic (exact) mass is 271 g/mol. The number of nitrogens with zero attached hydrogens (tertiary/aromatic N) is 2. The Bertz CT molecular complexity index is 654. The predicted octanol–water partition coefficient (Wildman–Crippen LogP) is 3.23. The van der Waals surface area contributed by atoms with Crippen LogP contribution in [0.2, 0.25) is 0 Å². The first kappa shape index (κ1) is 13.7. The third-order valence-electron chi connectivity index (χ3n) is 4.91. The topological polar surface area (TPSA) is 34.2 Å². The van der Waals surface area contributed by atoms with Crippen molar-refractivity contribution in [1.82, 2.24) is 9.47 Å². The Morgan fingerprint density at radius 1 is 1.20 bits per heavy atom. The highest BCUT2D eigenvalue weighted by molar-refractivity contribution is 5.87. The zero-order chi connectivity index (χ0) is 14.4. The molecule has 0 saturated carbocycles. The smallest absolute Gasteiger partial charge is 0.0486 e. The maximum atomic E-state index is 6.35. The van der Waals surface area contributed by atoms with Crippen LogP contribution < -0.4 is 5.73 Å². The first-order valence-electron chi connectivity index (χ1n) is 7.65. The molecule has 1 aliphatic heterocycles. The van der Waals surface area contributed by atoms with Gasteiger partial charge in [-0.05, 0) is 48.7 Å². The Morgan fingerprint density at radius 3 is 2.45 bits per heavy atom. The average Bonchev–Trinajstić information content (AvgIpc) is 2.96. The lowest BCUT2D eigenvalue weighted by Gasteiger charge is -2.10. The molecule has 0 aliphatic carbocycles. The number of benzene rings is 1. The fraction of sp³-hybridized carbons (Fsp3) is 0.529. The van der Waals surface area contributed by atoms with E-state index in [-0.39, 0.29) is 6.04 Å². The second-order valence-electron chi connectivity index (χ2n) is 6.01. The van der Waals surface area contributed by atoms with Crippen LogP contribution in [-0.4, -0.2) is 16.0 Å². The third kappa shape index (κ3) is 1.88. The molecule has 3 nitrogen and oxygen atoms in total. The van der Waals surface area contributed by atoms with E-state index in [0.717, 1.165) is 26.1 Å². The van der Waals surface area contributed by atoms with Gasteiger partial charge in [0.2, 0.25) is 0 Å². The van der Waals surface area contributed by atoms with Crippen LogP contribution in [0.3, 0.4) is 0 Å². The molecule has 0 radical (unpaired) electrons. The summed E-state index contributed by atoms with van der Waals surface area (Å²) in [7, 11) is 2.16. The van der Waals surface area contributed by atoms with E-state index in [2.05, 4.69) is 49.4 Å². The minimum absolute atomic E-state index is 0.139. The maximum Gasteiger partial charge on any atom is 0.0486 e. The first-order chi connectivity index (χ1) is 9.56. The number of rotatable bonds is 3. The van der Waals surface area contributed by atoms with Gasteiger partial charge in [0.1, 0.15) is 0 Å². The Morgan fingerprint density at radius 2 is 1.85 bits per heavy atom. The van der Waals surface area contributed by atoms with Crippen LogP contribution in [0.5, 0.6) is 0 Å². The lowest BCUT2D eigenvalue weighted by atomic mass is 9.99. The molecule has 1 unspecified atom stereocenters. The molecule has 108 valence electrons. The molecule has 0 saturated heterocycles. The van der Waals surface area contributed by atoms with E-state index < -0.39 is 0 Å². The zero-order valence-electron chi connectivity index (χ0n) is 13.0. The molecule has 0 bridgehead atoms. The van der Waals surface area contributed by atoms with E-state index in [1.807, 2.05) is 0 Å². The molecule has 3 heteroatoms. The van der Waals surface area contributed by atoms with E-state index >= 15 is 0 Å². The molecule has 0 amide bonds. The zero-order valence-corrected chi connectivity index (χ0v) is 13.0. The molecule has 2 aromatic rings. The van der Waals surface area contributed by atoms with Crippen molar-refractivity contribution in [3.63, 3.8) is 0 Å². The highest BCUT2D eigenvalue weighted by atomic mass is 15.1. The molecule has 0 spiro atoms. The lowest BCUT2D eigenvalue weighted by Crippen LogP contribution is -2.14. The summed E-state index contributed by atoms with van der Waals surface area (Å²) >= 11 is 0. The minimum atomic E-state index is 0.139. The molecule has 3 rings (SSSR count). The number of nitrogens with two attached hydrogens (primary N) is 1. The number of fused-ring (bicyclic) bond motifs is 2. The van der Waals surface area contributed by atoms with Crippen molar-refractivity contribution in [1.29, 1.82) is 0 Å². The Balaban J connectivity index is 2.21. The van der Waals surface area contributed by atoms with E-state index in [0.29, 0.717) is 0 Å². The number of hydrogen-bond donors (Lipinski definition) is 1. The molecule has 0 fully saturated rings. The lowest BCUT2D eigenvalue weighted by molar-refractivity contribution is 0.301. The van der Waals surface area contributed by atoms with Gasteiger partial charge in [-0.1, -0.05) is 13.8 Å². The van der Waals surface area contributed by atoms with Crippen LogP contribution in [0.25, 0.3) is 10.9 Å². The minimum Gasteiger partial charge on any atom is -0.348 e. The Labute approximate surface area is 121 Å². The summed E-state index contributed by atoms with van der Waals surface area (Å²) < 4.78 is 2.30. The first-order valence-corrected chi connectivity index (χ1v) is 7.65. The molecule has 2 N–H and O–H groups in total. The van der Waals surface area contributed by atoms with Crippen molar-refractivity contribution in [2.24, 2.45) is 12.8 Å². The van der Waals surface area contributed by atoms with Crippen molar-refractivity contribution in [2.75, 3.05) is 6.54 Å². The molecular formula is C17H25N3. The van der Waals surface area contributed by atoms with Gasteiger partial charge in [0, 0.05) is 42.8 Å². The summed E-state index contributed by atoms with van der Waals surface area (Å²) in [6, 6.07) is 4.90. The summed E-state index contributed by atoms with van der Waals surface area (Å²) in [4.78, 5) is 2.48. The van der Waals surface area contributed by atoms with Crippen LogP contribution in [0.1, 0.15) is 48.7 Å². The summed E-state index contributed by atoms with van der Waals surface area (Å²) in [5.74, 6) is 0. The number of aryl methyl sites for hydroxylation is 1. The van der Waals surface area contributed by atoms with Gasteiger partial charge in [0.05, 0.1) is 0 Å². The second kappa shape index (κ2) is 4.90. The van der Waals surface area contributed by atoms with Crippen molar-refractivity contribution >= 4 is 10.9 Å². The molecule has 20 heavy (non-hydrogen) atoms. The Hall–Kier alpha value is -1.32. The van der Waals surface area contributed by atoms with Crippen LogP contribution in [0, 0.1) is 6.92 Å². The van der Waals surface area contributed by atoms with Gasteiger partial charge in [-0.3, -0.25) is 4.90 Å². The maximum absolute atomic E-state index is 6.35. The van der Waals surface area contributed by atoms with Crippen LogP contribution in [-0.2, 0) is 20.1 Å². The molecule has 2 heterocycles. The normalized spacial score (nSPS) is 16.9. The SMILES string of the molecule is CCC(N)c1c(C)n(C)c2cc3c(cc12)CN(CC)C3. The van der Waals surface area contributed by atoms with E-state index in [9.17, 15) is 0 Å². The van der Waals surface area contributed by atoms with E-state index in [4.69, 9.17) is 5.73 Å². The van der Waals surface area contributed by atoms with E-state index in [1.165, 1.54) is 33.3 Å². The third-order valence-corrected chi connectivity index (χ3v) is 4.91. The van der Waals surface area contributed by atoms with Crippen LogP contribution >= 0.6 is 0 Å². The molecule has 1 aliphatic rings. The molecule has 1 aromatic heterocycles. The largest absolute Gasteiger partial charge is 0.348 e. The fourth-order valence-electron chi connectivity index (χ4n) is 3.45. The highest BCUT2D eigenvalue weighted by Gasteiger charge is 2.22. The van der Waals surface area contributed by atoms with Crippen molar-refractivity contribution in [2.45, 2.75) is 46.3 Å². The van der Waals surface area contributed by atoms with Gasteiger partial charge < -0.3 is 10.3 Å². The molecule has 1 aromatic carbocycles. The predicted molar refractivity (Wildman–Crippen MR) is 84.7 cm³/mol. The molecule has 1 atom stereocenters. The van der Waals surface area contributed by atoms with Crippen molar-refractivity contribution in [3.05, 3.63) is 34.5 Å². The quantitative estimate of drug-likeness (QED) is 0.930. The summed E-state index contributed by atoms with van der Waals surface area (Å²) in [6.07, 6.45) is 0.984. The number of aromatic nitrogens is 1. The standard InChI is InChI=1S/C17H25N3/c1-5-15(18)17-11(3)19(4)16-8-13-10-20(6-2)9-12(13)7-14(16)17/h7-8,15H,5-6,9-10,18H2,1-4H3. The van der Waals surface area contributed by atoms with Crippen molar-refractivity contribution in [3.8, 4) is 0 Å². The van der Waals surface area contributed by atoms with Gasteiger partial charge >= 0.3 is 0 Å². The van der Waals surface area contributed by atoms with Gasteiger partial charge in [-0.25, -0.2) is 0 Å². The van der Waals surface area contributed by atoms with Gasteiger partial charge in [0.25, 0.3) is 0 Å². The van der Waals surface area contributed by atoms with Crippen LogP contribution in [0.15, 0.2) is 12.1 Å². The summed E-state index contributed by atoms with van der Waals surface area (Å²) in [5, 5.41) is 1.36. The van der Waals surface area contributed by atoms with E-state index in [1.54, 1.807) is 0 Å². The van der Waals surface area contributed by atoms with Crippen LogP contribution in [0.4, 0.5) is 0 Å². The highest BCUT2D eigenvalue weighted by Crippen LogP contribution is 2.35. The fourth-order valence-corrected chi connectivity index (χ4v) is 3.45. The summed E-state index contributed by atoms with van der Waals surface area (Å²) in [5.41, 5.74) is 13.3.